The monoisotopic (exact) mass is 451 g/mol. The quantitative estimate of drug-likeness (QED) is 0.362. The minimum absolute atomic E-state index is 0.0881. The standard InChI is InChI=1S/C26H29NO4S/c1-3-31-26(28)23-16-14-22(15-17-23)9-8-20-27(24-10-6-4-5-7-11-24)32(29,30)25-18-12-21(2)13-19-25/h6,10,12-19,24H,3-5,7,11,20H2,1-2H3. The van der Waals surface area contributed by atoms with Crippen LogP contribution in [0.4, 0.5) is 0 Å². The lowest BCUT2D eigenvalue weighted by Gasteiger charge is -2.27. The SMILES string of the molecule is CCOC(=O)c1ccc(C#CCN(C2C=CCCCC2)S(=O)(=O)c2ccc(C)cc2)cc1. The first kappa shape index (κ1) is 23.8. The number of allylic oxidation sites excluding steroid dienone is 1. The molecule has 0 radical (unpaired) electrons. The molecule has 0 saturated heterocycles. The first-order valence-electron chi connectivity index (χ1n) is 10.9. The number of carbonyl (C=O) groups is 1. The van der Waals surface area contributed by atoms with Gasteiger partial charge in [0.2, 0.25) is 10.0 Å². The second-order valence-corrected chi connectivity index (χ2v) is 9.63. The van der Waals surface area contributed by atoms with Gasteiger partial charge in [-0.2, -0.15) is 4.31 Å². The molecule has 1 aliphatic rings. The van der Waals surface area contributed by atoms with Gasteiger partial charge in [-0.1, -0.05) is 48.1 Å². The number of sulfonamides is 1. The number of benzene rings is 2. The molecule has 1 unspecified atom stereocenters. The van der Waals surface area contributed by atoms with Gasteiger partial charge in [0.15, 0.2) is 0 Å². The van der Waals surface area contributed by atoms with Gasteiger partial charge in [-0.3, -0.25) is 0 Å². The molecule has 0 fully saturated rings. The van der Waals surface area contributed by atoms with Gasteiger partial charge in [-0.05, 0) is 69.5 Å². The van der Waals surface area contributed by atoms with Crippen molar-refractivity contribution in [1.29, 1.82) is 0 Å². The largest absolute Gasteiger partial charge is 0.462 e. The van der Waals surface area contributed by atoms with Gasteiger partial charge in [0.25, 0.3) is 0 Å². The molecule has 5 nitrogen and oxygen atoms in total. The zero-order valence-corrected chi connectivity index (χ0v) is 19.4. The van der Waals surface area contributed by atoms with E-state index in [2.05, 4.69) is 17.9 Å². The van der Waals surface area contributed by atoms with Crippen LogP contribution in [0.3, 0.4) is 0 Å². The normalized spacial score (nSPS) is 16.2. The first-order valence-corrected chi connectivity index (χ1v) is 12.4. The summed E-state index contributed by atoms with van der Waals surface area (Å²) in [6, 6.07) is 13.5. The molecule has 0 bridgehead atoms. The van der Waals surface area contributed by atoms with E-state index in [0.29, 0.717) is 17.7 Å². The maximum atomic E-state index is 13.5. The predicted molar refractivity (Wildman–Crippen MR) is 126 cm³/mol. The third kappa shape index (κ3) is 6.09. The summed E-state index contributed by atoms with van der Waals surface area (Å²) in [5.41, 5.74) is 2.18. The number of esters is 1. The van der Waals surface area contributed by atoms with Crippen LogP contribution in [0.15, 0.2) is 65.6 Å². The first-order chi connectivity index (χ1) is 15.4. The lowest BCUT2D eigenvalue weighted by molar-refractivity contribution is 0.0526. The highest BCUT2D eigenvalue weighted by molar-refractivity contribution is 7.89. The number of hydrogen-bond acceptors (Lipinski definition) is 4. The maximum Gasteiger partial charge on any atom is 0.338 e. The highest BCUT2D eigenvalue weighted by Gasteiger charge is 2.29. The van der Waals surface area contributed by atoms with Crippen LogP contribution in [0.1, 0.15) is 54.1 Å². The minimum Gasteiger partial charge on any atom is -0.462 e. The molecule has 32 heavy (non-hydrogen) atoms. The van der Waals surface area contributed by atoms with Crippen molar-refractivity contribution in [3.8, 4) is 11.8 Å². The molecule has 1 atom stereocenters. The summed E-state index contributed by atoms with van der Waals surface area (Å²) in [4.78, 5) is 12.1. The lowest BCUT2D eigenvalue weighted by Crippen LogP contribution is -2.39. The number of carbonyl (C=O) groups excluding carboxylic acids is 1. The summed E-state index contributed by atoms with van der Waals surface area (Å²) in [6.45, 7) is 4.10. The molecule has 0 aliphatic heterocycles. The Hall–Kier alpha value is -2.88. The second-order valence-electron chi connectivity index (χ2n) is 7.74. The van der Waals surface area contributed by atoms with Gasteiger partial charge in [-0.25, -0.2) is 13.2 Å². The molecule has 2 aromatic rings. The summed E-state index contributed by atoms with van der Waals surface area (Å²) in [6.07, 6.45) is 7.83. The van der Waals surface area contributed by atoms with E-state index in [-0.39, 0.29) is 23.5 Å². The average Bonchev–Trinajstić information content (AvgIpc) is 3.07. The molecule has 0 spiro atoms. The molecule has 0 heterocycles. The van der Waals surface area contributed by atoms with E-state index in [1.165, 1.54) is 4.31 Å². The van der Waals surface area contributed by atoms with Gasteiger partial charge in [-0.15, -0.1) is 0 Å². The molecule has 2 aromatic carbocycles. The molecular weight excluding hydrogens is 422 g/mol. The Bertz CT molecular complexity index is 1110. The maximum absolute atomic E-state index is 13.5. The van der Waals surface area contributed by atoms with E-state index in [9.17, 15) is 13.2 Å². The van der Waals surface area contributed by atoms with Gasteiger partial charge < -0.3 is 4.74 Å². The van der Waals surface area contributed by atoms with Crippen LogP contribution >= 0.6 is 0 Å². The molecule has 0 N–H and O–H groups in total. The molecule has 0 saturated carbocycles. The molecule has 3 rings (SSSR count). The number of aryl methyl sites for hydroxylation is 1. The zero-order valence-electron chi connectivity index (χ0n) is 18.6. The van der Waals surface area contributed by atoms with Crippen molar-refractivity contribution in [2.45, 2.75) is 50.5 Å². The Balaban J connectivity index is 1.84. The van der Waals surface area contributed by atoms with Crippen LogP contribution in [-0.2, 0) is 14.8 Å². The Morgan fingerprint density at radius 3 is 2.50 bits per heavy atom. The van der Waals surface area contributed by atoms with Crippen LogP contribution in [0, 0.1) is 18.8 Å². The van der Waals surface area contributed by atoms with Crippen molar-refractivity contribution >= 4 is 16.0 Å². The van der Waals surface area contributed by atoms with Gasteiger partial charge in [0.1, 0.15) is 0 Å². The Kier molecular flexibility index (Phi) is 8.26. The lowest BCUT2D eigenvalue weighted by atomic mass is 10.1. The summed E-state index contributed by atoms with van der Waals surface area (Å²) in [5, 5.41) is 0. The molecular formula is C26H29NO4S. The fourth-order valence-electron chi connectivity index (χ4n) is 3.55. The smallest absolute Gasteiger partial charge is 0.338 e. The van der Waals surface area contributed by atoms with Crippen molar-refractivity contribution < 1.29 is 17.9 Å². The number of ether oxygens (including phenoxy) is 1. The van der Waals surface area contributed by atoms with Crippen LogP contribution < -0.4 is 0 Å². The van der Waals surface area contributed by atoms with Crippen molar-refractivity contribution in [2.24, 2.45) is 0 Å². The van der Waals surface area contributed by atoms with Crippen molar-refractivity contribution in [3.05, 3.63) is 77.4 Å². The average molecular weight is 452 g/mol. The highest BCUT2D eigenvalue weighted by atomic mass is 32.2. The van der Waals surface area contributed by atoms with Crippen molar-refractivity contribution in [1.82, 2.24) is 4.31 Å². The highest BCUT2D eigenvalue weighted by Crippen LogP contribution is 2.24. The van der Waals surface area contributed by atoms with Gasteiger partial charge in [0, 0.05) is 11.6 Å². The van der Waals surface area contributed by atoms with E-state index >= 15 is 0 Å². The number of nitrogens with zero attached hydrogens (tertiary/aromatic N) is 1. The number of hydrogen-bond donors (Lipinski definition) is 0. The fourth-order valence-corrected chi connectivity index (χ4v) is 5.07. The van der Waals surface area contributed by atoms with E-state index < -0.39 is 10.0 Å². The summed E-state index contributed by atoms with van der Waals surface area (Å²) in [7, 11) is -3.69. The Labute approximate surface area is 191 Å². The van der Waals surface area contributed by atoms with Crippen LogP contribution in [0.25, 0.3) is 0 Å². The van der Waals surface area contributed by atoms with Crippen molar-refractivity contribution in [2.75, 3.05) is 13.2 Å². The minimum atomic E-state index is -3.69. The molecule has 6 heteroatoms. The third-order valence-electron chi connectivity index (χ3n) is 5.34. The molecule has 1 aliphatic carbocycles. The predicted octanol–water partition coefficient (Wildman–Crippen LogP) is 4.71. The molecule has 0 amide bonds. The summed E-state index contributed by atoms with van der Waals surface area (Å²) < 4.78 is 33.4. The van der Waals surface area contributed by atoms with Crippen LogP contribution in [0.5, 0.6) is 0 Å². The van der Waals surface area contributed by atoms with E-state index in [4.69, 9.17) is 4.74 Å². The van der Waals surface area contributed by atoms with Crippen LogP contribution in [-0.4, -0.2) is 37.9 Å². The third-order valence-corrected chi connectivity index (χ3v) is 7.23. The van der Waals surface area contributed by atoms with Crippen LogP contribution in [0.2, 0.25) is 0 Å². The second kappa shape index (κ2) is 11.1. The van der Waals surface area contributed by atoms with E-state index in [0.717, 1.165) is 31.2 Å². The topological polar surface area (TPSA) is 63.7 Å². The summed E-state index contributed by atoms with van der Waals surface area (Å²) >= 11 is 0. The van der Waals surface area contributed by atoms with Gasteiger partial charge >= 0.3 is 5.97 Å². The zero-order chi connectivity index (χ0) is 23.0. The molecule has 0 aromatic heterocycles. The summed E-state index contributed by atoms with van der Waals surface area (Å²) in [5.74, 6) is 5.68. The van der Waals surface area contributed by atoms with Gasteiger partial charge in [0.05, 0.1) is 23.6 Å². The molecule has 168 valence electrons. The van der Waals surface area contributed by atoms with Crippen molar-refractivity contribution in [3.63, 3.8) is 0 Å². The fraction of sp³-hybridized carbons (Fsp3) is 0.346. The van der Waals surface area contributed by atoms with E-state index in [1.54, 1.807) is 43.3 Å². The Morgan fingerprint density at radius 2 is 1.81 bits per heavy atom. The number of rotatable bonds is 6. The van der Waals surface area contributed by atoms with E-state index in [1.807, 2.05) is 25.1 Å². The Morgan fingerprint density at radius 1 is 1.09 bits per heavy atom.